The minimum Gasteiger partial charge on any atom is -0.489 e. The third-order valence-electron chi connectivity index (χ3n) is 5.43. The molecule has 0 saturated heterocycles. The maximum atomic E-state index is 12.5. The average molecular weight is 425 g/mol. The molecule has 0 heterocycles. The van der Waals surface area contributed by atoms with E-state index < -0.39 is 5.91 Å². The van der Waals surface area contributed by atoms with Crippen LogP contribution in [0.25, 0.3) is 6.08 Å². The van der Waals surface area contributed by atoms with Crippen LogP contribution >= 0.6 is 0 Å². The molecule has 0 saturated carbocycles. The number of ether oxygens (including phenoxy) is 1. The van der Waals surface area contributed by atoms with Gasteiger partial charge in [-0.05, 0) is 73.7 Å². The summed E-state index contributed by atoms with van der Waals surface area (Å²) in [6, 6.07) is 23.2. The van der Waals surface area contributed by atoms with Crippen LogP contribution in [-0.4, -0.2) is 5.91 Å². The van der Waals surface area contributed by atoms with Crippen molar-refractivity contribution in [3.63, 3.8) is 0 Å². The van der Waals surface area contributed by atoms with Gasteiger partial charge < -0.3 is 10.1 Å². The first-order valence-electron chi connectivity index (χ1n) is 10.6. The molecule has 0 bridgehead atoms. The zero-order chi connectivity index (χ0) is 23.1. The Labute approximate surface area is 190 Å². The minimum atomic E-state index is -0.394. The van der Waals surface area contributed by atoms with Gasteiger partial charge in [0.15, 0.2) is 0 Å². The highest BCUT2D eigenvalue weighted by Crippen LogP contribution is 2.21. The highest BCUT2D eigenvalue weighted by Gasteiger charge is 2.13. The highest BCUT2D eigenvalue weighted by molar-refractivity contribution is 6.01. The Bertz CT molecular complexity index is 1130. The lowest BCUT2D eigenvalue weighted by Gasteiger charge is -2.14. The summed E-state index contributed by atoms with van der Waals surface area (Å²) >= 11 is 0. The quantitative estimate of drug-likeness (QED) is 0.375. The fourth-order valence-electron chi connectivity index (χ4n) is 3.67. The molecule has 0 aliphatic heterocycles. The van der Waals surface area contributed by atoms with Gasteiger partial charge in [-0.1, -0.05) is 60.2 Å². The molecule has 32 heavy (non-hydrogen) atoms. The summed E-state index contributed by atoms with van der Waals surface area (Å²) in [5.41, 5.74) is 6.68. The van der Waals surface area contributed by atoms with Gasteiger partial charge in [-0.15, -0.1) is 0 Å². The molecule has 162 valence electrons. The van der Waals surface area contributed by atoms with E-state index in [1.54, 1.807) is 6.08 Å². The second-order valence-electron chi connectivity index (χ2n) is 8.01. The maximum Gasteiger partial charge on any atom is 0.262 e. The van der Waals surface area contributed by atoms with Gasteiger partial charge in [0.1, 0.15) is 24.0 Å². The number of aryl methyl sites for hydroxylation is 3. The summed E-state index contributed by atoms with van der Waals surface area (Å²) in [6.45, 7) is 8.68. The maximum absolute atomic E-state index is 12.5. The molecule has 1 N–H and O–H groups in total. The smallest absolute Gasteiger partial charge is 0.262 e. The van der Waals surface area contributed by atoms with Gasteiger partial charge in [-0.2, -0.15) is 5.26 Å². The van der Waals surface area contributed by atoms with E-state index in [2.05, 4.69) is 38.2 Å². The first kappa shape index (κ1) is 22.8. The minimum absolute atomic E-state index is 0.0624. The summed E-state index contributed by atoms with van der Waals surface area (Å²) in [4.78, 5) is 12.5. The van der Waals surface area contributed by atoms with E-state index in [0.717, 1.165) is 16.9 Å². The number of nitriles is 1. The number of hydrogen-bond acceptors (Lipinski definition) is 3. The summed E-state index contributed by atoms with van der Waals surface area (Å²) in [5, 5.41) is 12.4. The number of carbonyl (C=O) groups excluding carboxylic acids is 1. The number of rotatable bonds is 7. The van der Waals surface area contributed by atoms with Gasteiger partial charge in [-0.25, -0.2) is 0 Å². The Balaban J connectivity index is 1.65. The Morgan fingerprint density at radius 1 is 1.03 bits per heavy atom. The first-order valence-corrected chi connectivity index (χ1v) is 10.6. The number of nitrogens with zero attached hydrogens (tertiary/aromatic N) is 1. The first-order chi connectivity index (χ1) is 15.4. The van der Waals surface area contributed by atoms with Gasteiger partial charge in [0, 0.05) is 0 Å². The molecular weight excluding hydrogens is 396 g/mol. The average Bonchev–Trinajstić information content (AvgIpc) is 2.78. The number of hydrogen-bond donors (Lipinski definition) is 1. The molecule has 3 aromatic carbocycles. The molecule has 0 aliphatic rings. The van der Waals surface area contributed by atoms with Gasteiger partial charge in [-0.3, -0.25) is 4.79 Å². The van der Waals surface area contributed by atoms with E-state index in [0.29, 0.717) is 6.61 Å². The van der Waals surface area contributed by atoms with Gasteiger partial charge in [0.2, 0.25) is 0 Å². The predicted molar refractivity (Wildman–Crippen MR) is 128 cm³/mol. The molecule has 0 aromatic heterocycles. The lowest BCUT2D eigenvalue weighted by atomic mass is 10.0. The van der Waals surface area contributed by atoms with E-state index in [4.69, 9.17) is 4.74 Å². The summed E-state index contributed by atoms with van der Waals surface area (Å²) < 4.78 is 5.96. The van der Waals surface area contributed by atoms with Crippen molar-refractivity contribution in [1.82, 2.24) is 5.32 Å². The van der Waals surface area contributed by atoms with Crippen molar-refractivity contribution in [1.29, 1.82) is 5.26 Å². The standard InChI is InChI=1S/C28H28N2O2/c1-19-14-20(2)27(21(3)15-19)18-32-26-12-10-23(11-13-26)16-25(17-29)28(31)30-22(4)24-8-6-5-7-9-24/h5-16,22H,18H2,1-4H3,(H,30,31)/b25-16+/t22-/m0/s1. The van der Waals surface area contributed by atoms with Crippen molar-refractivity contribution in [2.75, 3.05) is 0 Å². The second kappa shape index (κ2) is 10.5. The second-order valence-corrected chi connectivity index (χ2v) is 8.01. The Kier molecular flexibility index (Phi) is 7.46. The molecular formula is C28H28N2O2. The van der Waals surface area contributed by atoms with Crippen LogP contribution in [0.4, 0.5) is 0 Å². The van der Waals surface area contributed by atoms with E-state index in [1.165, 1.54) is 22.3 Å². The molecule has 0 spiro atoms. The van der Waals surface area contributed by atoms with Crippen LogP contribution in [0.15, 0.2) is 72.3 Å². The van der Waals surface area contributed by atoms with Crippen molar-refractivity contribution in [3.8, 4) is 11.8 Å². The third kappa shape index (κ3) is 5.86. The fraction of sp³-hybridized carbons (Fsp3) is 0.214. The molecule has 1 amide bonds. The number of benzene rings is 3. The fourth-order valence-corrected chi connectivity index (χ4v) is 3.67. The molecule has 3 aromatic rings. The van der Waals surface area contributed by atoms with E-state index in [1.807, 2.05) is 67.6 Å². The lowest BCUT2D eigenvalue weighted by Crippen LogP contribution is -2.27. The molecule has 4 nitrogen and oxygen atoms in total. The summed E-state index contributed by atoms with van der Waals surface area (Å²) in [6.07, 6.45) is 1.59. The zero-order valence-corrected chi connectivity index (χ0v) is 19.0. The number of nitrogens with one attached hydrogen (secondary N) is 1. The van der Waals surface area contributed by atoms with Gasteiger partial charge >= 0.3 is 0 Å². The molecule has 1 atom stereocenters. The van der Waals surface area contributed by atoms with E-state index in [9.17, 15) is 10.1 Å². The highest BCUT2D eigenvalue weighted by atomic mass is 16.5. The zero-order valence-electron chi connectivity index (χ0n) is 19.0. The Morgan fingerprint density at radius 2 is 1.66 bits per heavy atom. The number of carbonyl (C=O) groups is 1. The van der Waals surface area contributed by atoms with Crippen LogP contribution in [0.1, 0.15) is 46.3 Å². The number of amides is 1. The molecule has 3 rings (SSSR count). The molecule has 0 aliphatic carbocycles. The molecule has 4 heteroatoms. The van der Waals surface area contributed by atoms with Gasteiger partial charge in [0.25, 0.3) is 5.91 Å². The van der Waals surface area contributed by atoms with Crippen molar-refractivity contribution in [3.05, 3.63) is 106 Å². The topological polar surface area (TPSA) is 62.1 Å². The van der Waals surface area contributed by atoms with Gasteiger partial charge in [0.05, 0.1) is 6.04 Å². The third-order valence-corrected chi connectivity index (χ3v) is 5.43. The monoisotopic (exact) mass is 424 g/mol. The van der Waals surface area contributed by atoms with Crippen LogP contribution in [0, 0.1) is 32.1 Å². The normalized spacial score (nSPS) is 12.0. The van der Waals surface area contributed by atoms with Crippen LogP contribution in [0.5, 0.6) is 5.75 Å². The van der Waals surface area contributed by atoms with Crippen LogP contribution < -0.4 is 10.1 Å². The SMILES string of the molecule is Cc1cc(C)c(COc2ccc(/C=C(\C#N)C(=O)N[C@@H](C)c3ccccc3)cc2)c(C)c1. The van der Waals surface area contributed by atoms with Crippen molar-refractivity contribution < 1.29 is 9.53 Å². The van der Waals surface area contributed by atoms with Crippen LogP contribution in [-0.2, 0) is 11.4 Å². The lowest BCUT2D eigenvalue weighted by molar-refractivity contribution is -0.117. The van der Waals surface area contributed by atoms with E-state index >= 15 is 0 Å². The largest absolute Gasteiger partial charge is 0.489 e. The Hall–Kier alpha value is -3.84. The van der Waals surface area contributed by atoms with Crippen molar-refractivity contribution >= 4 is 12.0 Å². The molecule has 0 radical (unpaired) electrons. The van der Waals surface area contributed by atoms with Crippen LogP contribution in [0.2, 0.25) is 0 Å². The van der Waals surface area contributed by atoms with Crippen LogP contribution in [0.3, 0.4) is 0 Å². The summed E-state index contributed by atoms with van der Waals surface area (Å²) in [5.74, 6) is 0.344. The van der Waals surface area contributed by atoms with Crippen molar-refractivity contribution in [2.24, 2.45) is 0 Å². The van der Waals surface area contributed by atoms with E-state index in [-0.39, 0.29) is 11.6 Å². The summed E-state index contributed by atoms with van der Waals surface area (Å²) in [7, 11) is 0. The van der Waals surface area contributed by atoms with Crippen molar-refractivity contribution in [2.45, 2.75) is 40.3 Å². The molecule has 0 unspecified atom stereocenters. The molecule has 0 fully saturated rings. The predicted octanol–water partition coefficient (Wildman–Crippen LogP) is 5.98. The Morgan fingerprint density at radius 3 is 2.25 bits per heavy atom.